The summed E-state index contributed by atoms with van der Waals surface area (Å²) >= 11 is 0. The van der Waals surface area contributed by atoms with Crippen LogP contribution in [0.5, 0.6) is 5.75 Å². The topological polar surface area (TPSA) is 120 Å². The monoisotopic (exact) mass is 429 g/mol. The molecular weight excluding hydrogens is 409 g/mol. The van der Waals surface area contributed by atoms with E-state index in [1.807, 2.05) is 0 Å². The van der Waals surface area contributed by atoms with Gasteiger partial charge in [-0.25, -0.2) is 18.8 Å². The van der Waals surface area contributed by atoms with E-state index in [0.717, 1.165) is 6.07 Å². The van der Waals surface area contributed by atoms with E-state index >= 15 is 0 Å². The van der Waals surface area contributed by atoms with Crippen molar-refractivity contribution in [2.24, 2.45) is 0 Å². The third-order valence-electron chi connectivity index (χ3n) is 4.58. The third kappa shape index (κ3) is 3.89. The molecule has 0 spiro atoms. The zero-order chi connectivity index (χ0) is 22.9. The van der Waals surface area contributed by atoms with Gasteiger partial charge in [-0.1, -0.05) is 12.1 Å². The van der Waals surface area contributed by atoms with Crippen LogP contribution >= 0.6 is 0 Å². The first-order valence-electron chi connectivity index (χ1n) is 9.22. The van der Waals surface area contributed by atoms with Gasteiger partial charge in [0.25, 0.3) is 0 Å². The fourth-order valence-corrected chi connectivity index (χ4v) is 3.08. The molecule has 0 saturated heterocycles. The first-order chi connectivity index (χ1) is 14.7. The fraction of sp³-hybridized carbons (Fsp3) is 0.250. The van der Waals surface area contributed by atoms with E-state index in [-0.39, 0.29) is 17.0 Å². The number of nitrogens with zero attached hydrogens (tertiary/aromatic N) is 5. The summed E-state index contributed by atoms with van der Waals surface area (Å²) in [6.07, 6.45) is 0. The van der Waals surface area contributed by atoms with Crippen molar-refractivity contribution in [2.75, 3.05) is 12.0 Å². The molecule has 0 aliphatic carbocycles. The van der Waals surface area contributed by atoms with Crippen LogP contribution in [0.4, 0.5) is 14.9 Å². The summed E-state index contributed by atoms with van der Waals surface area (Å²) in [4.78, 5) is 38.7. The number of aryl methyl sites for hydroxylation is 1. The first-order valence-corrected chi connectivity index (χ1v) is 9.22. The molecule has 162 valence electrons. The number of tetrazole rings is 1. The summed E-state index contributed by atoms with van der Waals surface area (Å²) in [6.45, 7) is 5.09. The normalized spacial score (nSPS) is 10.9. The molecule has 0 fully saturated rings. The highest BCUT2D eigenvalue weighted by atomic mass is 19.1. The van der Waals surface area contributed by atoms with Gasteiger partial charge in [0.2, 0.25) is 0 Å². The minimum absolute atomic E-state index is 0.0221. The van der Waals surface area contributed by atoms with Crippen molar-refractivity contribution in [3.8, 4) is 11.4 Å². The predicted octanol–water partition coefficient (Wildman–Crippen LogP) is 2.47. The lowest BCUT2D eigenvalue weighted by Gasteiger charge is -2.27. The number of aromatic carboxylic acids is 1. The van der Waals surface area contributed by atoms with E-state index in [1.165, 1.54) is 36.3 Å². The number of carboxylic acid groups (broad SMARTS) is 1. The third-order valence-corrected chi connectivity index (χ3v) is 4.58. The molecule has 3 aromatic rings. The fourth-order valence-electron chi connectivity index (χ4n) is 3.08. The van der Waals surface area contributed by atoms with E-state index in [9.17, 15) is 23.9 Å². The molecule has 0 aliphatic rings. The maximum absolute atomic E-state index is 14.4. The van der Waals surface area contributed by atoms with Crippen molar-refractivity contribution in [3.63, 3.8) is 0 Å². The van der Waals surface area contributed by atoms with Gasteiger partial charge in [0, 0.05) is 11.7 Å². The summed E-state index contributed by atoms with van der Waals surface area (Å²) in [7, 11) is 1.30. The van der Waals surface area contributed by atoms with Crippen LogP contribution in [-0.2, 0) is 0 Å². The van der Waals surface area contributed by atoms with Gasteiger partial charge in [0.1, 0.15) is 11.4 Å². The number of hydrogen-bond acceptors (Lipinski definition) is 6. The summed E-state index contributed by atoms with van der Waals surface area (Å²) in [5.41, 5.74) is -0.403. The highest BCUT2D eigenvalue weighted by Crippen LogP contribution is 2.26. The predicted molar refractivity (Wildman–Crippen MR) is 109 cm³/mol. The van der Waals surface area contributed by atoms with Crippen LogP contribution in [-0.4, -0.2) is 50.0 Å². The van der Waals surface area contributed by atoms with Crippen LogP contribution in [0.3, 0.4) is 0 Å². The van der Waals surface area contributed by atoms with E-state index < -0.39 is 29.5 Å². The molecule has 0 atom stereocenters. The number of hydrogen-bond donors (Lipinski definition) is 1. The lowest BCUT2D eigenvalue weighted by Crippen LogP contribution is -2.45. The first kappa shape index (κ1) is 21.7. The van der Waals surface area contributed by atoms with Gasteiger partial charge < -0.3 is 9.84 Å². The lowest BCUT2D eigenvalue weighted by molar-refractivity contribution is 0.0697. The van der Waals surface area contributed by atoms with Crippen molar-refractivity contribution in [2.45, 2.75) is 26.8 Å². The number of carboxylic acids is 1. The number of carbonyl (C=O) groups is 2. The summed E-state index contributed by atoms with van der Waals surface area (Å²) in [5.74, 6) is -1.91. The molecule has 0 aliphatic heterocycles. The molecule has 0 unspecified atom stereocenters. The maximum atomic E-state index is 14.4. The standard InChI is InChI=1S/C20H20FN5O5/c1-11(2)24(15-10-13(18(27)28)9-8-12(15)3)19(29)26-20(30)25(22-23-26)17-14(21)6-5-7-16(17)31-4/h5-11H,1-4H3,(H,27,28). The molecule has 1 amide bonds. The quantitative estimate of drug-likeness (QED) is 0.619. The molecule has 2 aromatic carbocycles. The smallest absolute Gasteiger partial charge is 0.377 e. The highest BCUT2D eigenvalue weighted by Gasteiger charge is 2.28. The average molecular weight is 429 g/mol. The molecule has 1 heterocycles. The van der Waals surface area contributed by atoms with Crippen molar-refractivity contribution >= 4 is 17.7 Å². The largest absolute Gasteiger partial charge is 0.494 e. The van der Waals surface area contributed by atoms with E-state index in [2.05, 4.69) is 10.4 Å². The molecule has 0 radical (unpaired) electrons. The Morgan fingerprint density at radius 1 is 1.19 bits per heavy atom. The lowest BCUT2D eigenvalue weighted by atomic mass is 10.1. The van der Waals surface area contributed by atoms with E-state index in [0.29, 0.717) is 20.6 Å². The number of ether oxygens (including phenoxy) is 1. The highest BCUT2D eigenvalue weighted by molar-refractivity contribution is 5.96. The van der Waals surface area contributed by atoms with Crippen molar-refractivity contribution < 1.29 is 23.8 Å². The van der Waals surface area contributed by atoms with Gasteiger partial charge in [0.05, 0.1) is 12.7 Å². The molecule has 11 heteroatoms. The van der Waals surface area contributed by atoms with Gasteiger partial charge in [-0.15, -0.1) is 4.68 Å². The Morgan fingerprint density at radius 3 is 2.52 bits per heavy atom. The zero-order valence-corrected chi connectivity index (χ0v) is 17.2. The zero-order valence-electron chi connectivity index (χ0n) is 17.2. The van der Waals surface area contributed by atoms with E-state index in [4.69, 9.17) is 4.74 Å². The maximum Gasteiger partial charge on any atom is 0.377 e. The number of rotatable bonds is 5. The van der Waals surface area contributed by atoms with Gasteiger partial charge in [0.15, 0.2) is 5.82 Å². The number of amides is 1. The van der Waals surface area contributed by atoms with Crippen molar-refractivity contribution in [1.29, 1.82) is 0 Å². The Hall–Kier alpha value is -4.02. The van der Waals surface area contributed by atoms with Crippen LogP contribution in [0.1, 0.15) is 29.8 Å². The second-order valence-corrected chi connectivity index (χ2v) is 6.93. The number of para-hydroxylation sites is 1. The molecule has 0 bridgehead atoms. The van der Waals surface area contributed by atoms with Crippen LogP contribution < -0.4 is 15.3 Å². The summed E-state index contributed by atoms with van der Waals surface area (Å²) in [5, 5.41) is 16.5. The SMILES string of the molecule is COc1cccc(F)c1-n1nnn(C(=O)N(c2cc(C(=O)O)ccc2C)C(C)C)c1=O. The van der Waals surface area contributed by atoms with Gasteiger partial charge >= 0.3 is 17.7 Å². The van der Waals surface area contributed by atoms with Gasteiger partial charge in [-0.2, -0.15) is 4.68 Å². The minimum Gasteiger partial charge on any atom is -0.494 e. The van der Waals surface area contributed by atoms with E-state index in [1.54, 1.807) is 26.8 Å². The molecule has 3 rings (SSSR count). The number of carbonyl (C=O) groups excluding carboxylic acids is 1. The number of anilines is 1. The van der Waals surface area contributed by atoms with Crippen molar-refractivity contribution in [1.82, 2.24) is 19.8 Å². The summed E-state index contributed by atoms with van der Waals surface area (Å²) < 4.78 is 20.6. The molecule has 31 heavy (non-hydrogen) atoms. The molecule has 1 N–H and O–H groups in total. The molecule has 10 nitrogen and oxygen atoms in total. The second-order valence-electron chi connectivity index (χ2n) is 6.93. The average Bonchev–Trinajstić information content (AvgIpc) is 3.09. The number of halogens is 1. The van der Waals surface area contributed by atoms with Gasteiger partial charge in [-0.05, 0) is 61.0 Å². The van der Waals surface area contributed by atoms with Crippen molar-refractivity contribution in [3.05, 3.63) is 63.8 Å². The van der Waals surface area contributed by atoms with Crippen LogP contribution in [0.2, 0.25) is 0 Å². The Bertz CT molecular complexity index is 1220. The number of methoxy groups -OCH3 is 1. The molecule has 0 saturated carbocycles. The molecular formula is C20H20FN5O5. The number of benzene rings is 2. The minimum atomic E-state index is -1.16. The second kappa shape index (κ2) is 8.38. The van der Waals surface area contributed by atoms with Gasteiger partial charge in [-0.3, -0.25) is 4.90 Å². The summed E-state index contributed by atoms with van der Waals surface area (Å²) in [6, 6.07) is 6.94. The molecule has 1 aromatic heterocycles. The Balaban J connectivity index is 2.12. The number of aromatic nitrogens is 4. The van der Waals surface area contributed by atoms with Crippen LogP contribution in [0.15, 0.2) is 41.2 Å². The Morgan fingerprint density at radius 2 is 1.90 bits per heavy atom. The van der Waals surface area contributed by atoms with Crippen LogP contribution in [0.25, 0.3) is 5.69 Å². The Labute approximate surface area is 176 Å². The Kier molecular flexibility index (Phi) is 5.86. The van der Waals surface area contributed by atoms with Crippen LogP contribution in [0, 0.1) is 12.7 Å².